The maximum absolute atomic E-state index is 13.0. The Morgan fingerprint density at radius 1 is 1.14 bits per heavy atom. The first-order chi connectivity index (χ1) is 13.7. The molecule has 1 aliphatic heterocycles. The number of rotatable bonds is 6. The van der Waals surface area contributed by atoms with Gasteiger partial charge in [0.1, 0.15) is 11.4 Å². The van der Waals surface area contributed by atoms with E-state index in [0.717, 1.165) is 29.7 Å². The molecular formula is C23H27N3O2. The number of nitrogens with one attached hydrogen (secondary N) is 1. The molecule has 3 aromatic rings. The van der Waals surface area contributed by atoms with Crippen molar-refractivity contribution in [1.82, 2.24) is 9.88 Å². The maximum Gasteiger partial charge on any atom is 0.270 e. The summed E-state index contributed by atoms with van der Waals surface area (Å²) in [6, 6.07) is 16.2. The summed E-state index contributed by atoms with van der Waals surface area (Å²) in [6.07, 6.45) is 2.48. The number of fused-ring (bicyclic) bond motifs is 1. The molecule has 2 heterocycles. The minimum absolute atomic E-state index is 0.00890. The van der Waals surface area contributed by atoms with E-state index in [1.807, 2.05) is 44.3 Å². The van der Waals surface area contributed by atoms with Crippen molar-refractivity contribution in [3.8, 4) is 5.75 Å². The fourth-order valence-corrected chi connectivity index (χ4v) is 3.92. The minimum atomic E-state index is -0.00890. The van der Waals surface area contributed by atoms with Gasteiger partial charge in [0.25, 0.3) is 5.91 Å². The molecule has 5 nitrogen and oxygen atoms in total. The zero-order valence-corrected chi connectivity index (χ0v) is 16.6. The Balaban J connectivity index is 1.53. The van der Waals surface area contributed by atoms with Gasteiger partial charge in [-0.1, -0.05) is 18.2 Å². The Bertz CT molecular complexity index is 973. The Labute approximate surface area is 165 Å². The SMILES string of the molecule is CCOc1ccc2cc(C(=O)N(C)Cc3ccccc3N3CCCC3)[nH]c2c1. The van der Waals surface area contributed by atoms with E-state index in [1.165, 1.54) is 24.1 Å². The van der Waals surface area contributed by atoms with Gasteiger partial charge in [-0.15, -0.1) is 0 Å². The molecule has 28 heavy (non-hydrogen) atoms. The number of para-hydroxylation sites is 1. The van der Waals surface area contributed by atoms with E-state index in [0.29, 0.717) is 18.8 Å². The van der Waals surface area contributed by atoms with Crippen LogP contribution in [0.1, 0.15) is 35.8 Å². The molecule has 1 aromatic heterocycles. The lowest BCUT2D eigenvalue weighted by molar-refractivity contribution is 0.0780. The number of nitrogens with zero attached hydrogens (tertiary/aromatic N) is 2. The lowest BCUT2D eigenvalue weighted by Crippen LogP contribution is -2.28. The summed E-state index contributed by atoms with van der Waals surface area (Å²) >= 11 is 0. The molecule has 0 spiro atoms. The zero-order valence-electron chi connectivity index (χ0n) is 16.6. The molecule has 2 aromatic carbocycles. The highest BCUT2D eigenvalue weighted by Gasteiger charge is 2.19. The zero-order chi connectivity index (χ0) is 19.5. The third kappa shape index (κ3) is 3.70. The van der Waals surface area contributed by atoms with Crippen LogP contribution < -0.4 is 9.64 Å². The number of carbonyl (C=O) groups excluding carboxylic acids is 1. The molecule has 0 aliphatic carbocycles. The van der Waals surface area contributed by atoms with Crippen LogP contribution in [0.2, 0.25) is 0 Å². The van der Waals surface area contributed by atoms with E-state index < -0.39 is 0 Å². The Kier molecular flexibility index (Phi) is 5.24. The molecule has 0 unspecified atom stereocenters. The lowest BCUT2D eigenvalue weighted by Gasteiger charge is -2.24. The van der Waals surface area contributed by atoms with Crippen molar-refractivity contribution >= 4 is 22.5 Å². The Hall–Kier alpha value is -2.95. The third-order valence-corrected chi connectivity index (χ3v) is 5.33. The van der Waals surface area contributed by atoms with E-state index in [1.54, 1.807) is 4.90 Å². The van der Waals surface area contributed by atoms with E-state index in [2.05, 4.69) is 28.1 Å². The van der Waals surface area contributed by atoms with Crippen LogP contribution in [0.5, 0.6) is 5.75 Å². The number of carbonyl (C=O) groups is 1. The fraction of sp³-hybridized carbons (Fsp3) is 0.348. The first-order valence-electron chi connectivity index (χ1n) is 9.99. The van der Waals surface area contributed by atoms with Gasteiger partial charge in [-0.2, -0.15) is 0 Å². The van der Waals surface area contributed by atoms with Crippen molar-refractivity contribution in [1.29, 1.82) is 0 Å². The normalized spacial score (nSPS) is 13.9. The van der Waals surface area contributed by atoms with E-state index >= 15 is 0 Å². The number of hydrogen-bond donors (Lipinski definition) is 1. The molecule has 146 valence electrons. The first kappa shape index (κ1) is 18.4. The van der Waals surface area contributed by atoms with Gasteiger partial charge in [-0.05, 0) is 49.6 Å². The van der Waals surface area contributed by atoms with Crippen molar-refractivity contribution in [2.45, 2.75) is 26.3 Å². The second-order valence-electron chi connectivity index (χ2n) is 7.35. The van der Waals surface area contributed by atoms with Crippen LogP contribution in [-0.4, -0.2) is 42.5 Å². The summed E-state index contributed by atoms with van der Waals surface area (Å²) in [5.41, 5.74) is 3.96. The van der Waals surface area contributed by atoms with Crippen molar-refractivity contribution < 1.29 is 9.53 Å². The smallest absolute Gasteiger partial charge is 0.270 e. The summed E-state index contributed by atoms with van der Waals surface area (Å²) in [7, 11) is 1.86. The molecule has 1 N–H and O–H groups in total. The van der Waals surface area contributed by atoms with Gasteiger partial charge >= 0.3 is 0 Å². The van der Waals surface area contributed by atoms with E-state index in [-0.39, 0.29) is 5.91 Å². The second kappa shape index (κ2) is 7.97. The summed E-state index contributed by atoms with van der Waals surface area (Å²) in [5.74, 6) is 0.800. The van der Waals surface area contributed by atoms with Crippen LogP contribution >= 0.6 is 0 Å². The largest absolute Gasteiger partial charge is 0.494 e. The van der Waals surface area contributed by atoms with Gasteiger partial charge in [-0.3, -0.25) is 4.79 Å². The molecule has 0 saturated carbocycles. The Morgan fingerprint density at radius 3 is 2.71 bits per heavy atom. The highest BCUT2D eigenvalue weighted by Crippen LogP contribution is 2.26. The third-order valence-electron chi connectivity index (χ3n) is 5.33. The van der Waals surface area contributed by atoms with Crippen molar-refractivity contribution in [2.75, 3.05) is 31.6 Å². The van der Waals surface area contributed by atoms with Crippen molar-refractivity contribution in [3.63, 3.8) is 0 Å². The number of ether oxygens (including phenoxy) is 1. The minimum Gasteiger partial charge on any atom is -0.494 e. The van der Waals surface area contributed by atoms with Crippen LogP contribution in [0.4, 0.5) is 5.69 Å². The van der Waals surface area contributed by atoms with Gasteiger partial charge < -0.3 is 19.5 Å². The molecule has 1 aliphatic rings. The molecule has 4 rings (SSSR count). The summed E-state index contributed by atoms with van der Waals surface area (Å²) < 4.78 is 5.55. The fourth-order valence-electron chi connectivity index (χ4n) is 3.92. The molecule has 1 fully saturated rings. The van der Waals surface area contributed by atoms with Crippen LogP contribution in [0.3, 0.4) is 0 Å². The lowest BCUT2D eigenvalue weighted by atomic mass is 10.1. The van der Waals surface area contributed by atoms with Crippen LogP contribution in [0.25, 0.3) is 10.9 Å². The predicted octanol–water partition coefficient (Wildman–Crippen LogP) is 4.44. The van der Waals surface area contributed by atoms with Gasteiger partial charge in [0, 0.05) is 49.3 Å². The number of amides is 1. The van der Waals surface area contributed by atoms with Gasteiger partial charge in [0.05, 0.1) is 6.61 Å². The van der Waals surface area contributed by atoms with Crippen LogP contribution in [-0.2, 0) is 6.54 Å². The van der Waals surface area contributed by atoms with Gasteiger partial charge in [0.2, 0.25) is 0 Å². The van der Waals surface area contributed by atoms with E-state index in [9.17, 15) is 4.79 Å². The molecule has 0 atom stereocenters. The monoisotopic (exact) mass is 377 g/mol. The van der Waals surface area contributed by atoms with Gasteiger partial charge in [0.15, 0.2) is 0 Å². The van der Waals surface area contributed by atoms with Crippen molar-refractivity contribution in [2.24, 2.45) is 0 Å². The average molecular weight is 377 g/mol. The standard InChI is InChI=1S/C23H27N3O2/c1-3-28-19-11-10-17-14-21(24-20(17)15-19)23(27)25(2)16-18-8-4-5-9-22(18)26-12-6-7-13-26/h4-5,8-11,14-15,24H,3,6-7,12-13,16H2,1-2H3. The van der Waals surface area contributed by atoms with Gasteiger partial charge in [-0.25, -0.2) is 0 Å². The van der Waals surface area contributed by atoms with E-state index in [4.69, 9.17) is 4.74 Å². The molecule has 0 radical (unpaired) electrons. The summed E-state index contributed by atoms with van der Waals surface area (Å²) in [5, 5.41) is 1.01. The topological polar surface area (TPSA) is 48.6 Å². The molecular weight excluding hydrogens is 350 g/mol. The first-order valence-corrected chi connectivity index (χ1v) is 9.99. The second-order valence-corrected chi connectivity index (χ2v) is 7.35. The number of benzene rings is 2. The predicted molar refractivity (Wildman–Crippen MR) is 113 cm³/mol. The molecule has 5 heteroatoms. The number of anilines is 1. The Morgan fingerprint density at radius 2 is 1.93 bits per heavy atom. The highest BCUT2D eigenvalue weighted by atomic mass is 16.5. The molecule has 1 amide bonds. The quantitative estimate of drug-likeness (QED) is 0.691. The summed E-state index contributed by atoms with van der Waals surface area (Å²) in [6.45, 7) is 5.36. The number of aromatic nitrogens is 1. The molecule has 1 saturated heterocycles. The number of aromatic amines is 1. The highest BCUT2D eigenvalue weighted by molar-refractivity contribution is 5.98. The number of H-pyrrole nitrogens is 1. The average Bonchev–Trinajstić information content (AvgIpc) is 3.37. The number of hydrogen-bond acceptors (Lipinski definition) is 3. The summed E-state index contributed by atoms with van der Waals surface area (Å²) in [4.78, 5) is 20.5. The van der Waals surface area contributed by atoms with Crippen LogP contribution in [0, 0.1) is 0 Å². The van der Waals surface area contributed by atoms with Crippen LogP contribution in [0.15, 0.2) is 48.5 Å². The van der Waals surface area contributed by atoms with Crippen molar-refractivity contribution in [3.05, 3.63) is 59.8 Å². The molecule has 0 bridgehead atoms. The maximum atomic E-state index is 13.0.